The molecule has 20 heavy (non-hydrogen) atoms. The normalized spacial score (nSPS) is 17.4. The van der Waals surface area contributed by atoms with Gasteiger partial charge >= 0.3 is 6.18 Å². The minimum atomic E-state index is -4.15. The number of halogens is 5. The molecule has 1 aliphatic heterocycles. The highest BCUT2D eigenvalue weighted by Gasteiger charge is 2.41. The Kier molecular flexibility index (Phi) is 4.99. The molecule has 0 N–H and O–H groups in total. The number of likely N-dealkylation sites (tertiary alicyclic amines) is 1. The third kappa shape index (κ3) is 3.66. The van der Waals surface area contributed by atoms with E-state index in [0.29, 0.717) is 5.56 Å². The molecule has 1 aromatic rings. The van der Waals surface area contributed by atoms with Crippen molar-refractivity contribution in [3.63, 3.8) is 0 Å². The molecular formula is C13H12BrF3INO. The van der Waals surface area contributed by atoms with Crippen LogP contribution >= 0.6 is 38.5 Å². The van der Waals surface area contributed by atoms with E-state index in [1.54, 1.807) is 12.1 Å². The molecule has 0 aromatic heterocycles. The average molecular weight is 462 g/mol. The van der Waals surface area contributed by atoms with Crippen LogP contribution in [0.4, 0.5) is 13.2 Å². The molecule has 0 spiro atoms. The standard InChI is InChI=1S/C13H12BrF3INO/c14-9-1-2-11(18)10(7-9)12(20)19-5-3-8(4-6-19)13(15,16)17/h1-2,7-8H,3-6H2. The van der Waals surface area contributed by atoms with E-state index in [-0.39, 0.29) is 31.8 Å². The summed E-state index contributed by atoms with van der Waals surface area (Å²) in [6.45, 7) is 0.317. The Morgan fingerprint density at radius 3 is 2.45 bits per heavy atom. The van der Waals surface area contributed by atoms with Gasteiger partial charge in [-0.3, -0.25) is 4.79 Å². The summed E-state index contributed by atoms with van der Waals surface area (Å²) in [5, 5.41) is 0. The van der Waals surface area contributed by atoms with Crippen molar-refractivity contribution in [1.82, 2.24) is 4.90 Å². The van der Waals surface area contributed by atoms with Crippen molar-refractivity contribution in [3.05, 3.63) is 31.8 Å². The smallest absolute Gasteiger partial charge is 0.339 e. The summed E-state index contributed by atoms with van der Waals surface area (Å²) in [6, 6.07) is 5.34. The lowest BCUT2D eigenvalue weighted by Gasteiger charge is -2.33. The lowest BCUT2D eigenvalue weighted by Crippen LogP contribution is -2.42. The quantitative estimate of drug-likeness (QED) is 0.565. The maximum atomic E-state index is 12.6. The van der Waals surface area contributed by atoms with Gasteiger partial charge in [0.1, 0.15) is 0 Å². The number of hydrogen-bond donors (Lipinski definition) is 0. The fraction of sp³-hybridized carbons (Fsp3) is 0.462. The monoisotopic (exact) mass is 461 g/mol. The summed E-state index contributed by atoms with van der Waals surface area (Å²) in [5.41, 5.74) is 0.533. The lowest BCUT2D eigenvalue weighted by atomic mass is 9.96. The van der Waals surface area contributed by atoms with Gasteiger partial charge < -0.3 is 4.90 Å². The van der Waals surface area contributed by atoms with Crippen molar-refractivity contribution >= 4 is 44.4 Å². The number of amides is 1. The van der Waals surface area contributed by atoms with E-state index < -0.39 is 12.1 Å². The summed E-state index contributed by atoms with van der Waals surface area (Å²) >= 11 is 5.36. The fourth-order valence-electron chi connectivity index (χ4n) is 2.24. The van der Waals surface area contributed by atoms with Crippen LogP contribution in [0.2, 0.25) is 0 Å². The molecule has 2 nitrogen and oxygen atoms in total. The minimum absolute atomic E-state index is 0.0141. The molecule has 7 heteroatoms. The van der Waals surface area contributed by atoms with Crippen LogP contribution in [0, 0.1) is 9.49 Å². The van der Waals surface area contributed by atoms with Crippen LogP contribution in [0.5, 0.6) is 0 Å². The van der Waals surface area contributed by atoms with E-state index >= 15 is 0 Å². The molecular weight excluding hydrogens is 450 g/mol. The zero-order valence-corrected chi connectivity index (χ0v) is 14.1. The Labute approximate surface area is 137 Å². The van der Waals surface area contributed by atoms with Gasteiger partial charge in [-0.15, -0.1) is 0 Å². The van der Waals surface area contributed by atoms with E-state index in [9.17, 15) is 18.0 Å². The molecule has 0 aliphatic carbocycles. The van der Waals surface area contributed by atoms with Crippen LogP contribution in [0.3, 0.4) is 0 Å². The Morgan fingerprint density at radius 1 is 1.30 bits per heavy atom. The maximum Gasteiger partial charge on any atom is 0.391 e. The zero-order valence-electron chi connectivity index (χ0n) is 10.4. The Hall–Kier alpha value is -0.310. The summed E-state index contributed by atoms with van der Waals surface area (Å²) in [7, 11) is 0. The van der Waals surface area contributed by atoms with Gasteiger partial charge in [0.05, 0.1) is 11.5 Å². The summed E-state index contributed by atoms with van der Waals surface area (Å²) in [4.78, 5) is 13.9. The van der Waals surface area contributed by atoms with Crippen LogP contribution in [0.1, 0.15) is 23.2 Å². The second kappa shape index (κ2) is 6.21. The SMILES string of the molecule is O=C(c1cc(Br)ccc1I)N1CCC(C(F)(F)F)CC1. The first-order valence-corrected chi connectivity index (χ1v) is 7.97. The molecule has 1 aromatic carbocycles. The zero-order chi connectivity index (χ0) is 14.9. The molecule has 0 unspecified atom stereocenters. The minimum Gasteiger partial charge on any atom is -0.339 e. The van der Waals surface area contributed by atoms with Gasteiger partial charge in [0.25, 0.3) is 5.91 Å². The van der Waals surface area contributed by atoms with Gasteiger partial charge in [-0.1, -0.05) is 15.9 Å². The Balaban J connectivity index is 2.07. The van der Waals surface area contributed by atoms with Crippen LogP contribution in [-0.4, -0.2) is 30.1 Å². The third-order valence-corrected chi connectivity index (χ3v) is 4.84. The topological polar surface area (TPSA) is 20.3 Å². The first-order valence-electron chi connectivity index (χ1n) is 6.10. The average Bonchev–Trinajstić information content (AvgIpc) is 2.40. The highest BCUT2D eigenvalue weighted by atomic mass is 127. The maximum absolute atomic E-state index is 12.6. The molecule has 110 valence electrons. The largest absolute Gasteiger partial charge is 0.391 e. The number of carbonyl (C=O) groups excluding carboxylic acids is 1. The predicted octanol–water partition coefficient (Wildman–Crippen LogP) is 4.47. The number of benzene rings is 1. The second-order valence-corrected chi connectivity index (χ2v) is 6.81. The van der Waals surface area contributed by atoms with E-state index in [1.165, 1.54) is 4.90 Å². The number of carbonyl (C=O) groups is 1. The molecule has 1 saturated heterocycles. The number of hydrogen-bond acceptors (Lipinski definition) is 1. The van der Waals surface area contributed by atoms with Crippen molar-refractivity contribution < 1.29 is 18.0 Å². The fourth-order valence-corrected chi connectivity index (χ4v) is 3.17. The van der Waals surface area contributed by atoms with Crippen molar-refractivity contribution in [2.24, 2.45) is 5.92 Å². The first-order chi connectivity index (χ1) is 9.29. The summed E-state index contributed by atoms with van der Waals surface area (Å²) in [6.07, 6.45) is -4.18. The highest BCUT2D eigenvalue weighted by molar-refractivity contribution is 14.1. The Bertz CT molecular complexity index is 513. The summed E-state index contributed by atoms with van der Waals surface area (Å²) < 4.78 is 39.4. The molecule has 0 saturated carbocycles. The number of alkyl halides is 3. The van der Waals surface area contributed by atoms with Crippen molar-refractivity contribution in [2.75, 3.05) is 13.1 Å². The Morgan fingerprint density at radius 2 is 1.90 bits per heavy atom. The molecule has 1 fully saturated rings. The molecule has 2 rings (SSSR count). The molecule has 0 atom stereocenters. The van der Waals surface area contributed by atoms with Gasteiger partial charge in [-0.2, -0.15) is 13.2 Å². The van der Waals surface area contributed by atoms with E-state index in [1.807, 2.05) is 6.07 Å². The van der Waals surface area contributed by atoms with Crippen molar-refractivity contribution in [2.45, 2.75) is 19.0 Å². The van der Waals surface area contributed by atoms with Gasteiger partial charge in [0, 0.05) is 21.1 Å². The van der Waals surface area contributed by atoms with Gasteiger partial charge in [-0.05, 0) is 53.6 Å². The molecule has 0 radical (unpaired) electrons. The van der Waals surface area contributed by atoms with Crippen LogP contribution < -0.4 is 0 Å². The second-order valence-electron chi connectivity index (χ2n) is 4.73. The van der Waals surface area contributed by atoms with Crippen LogP contribution in [0.25, 0.3) is 0 Å². The number of piperidine rings is 1. The summed E-state index contributed by atoms with van der Waals surface area (Å²) in [5.74, 6) is -1.48. The van der Waals surface area contributed by atoms with Crippen molar-refractivity contribution in [3.8, 4) is 0 Å². The van der Waals surface area contributed by atoms with E-state index in [4.69, 9.17) is 0 Å². The molecule has 0 bridgehead atoms. The van der Waals surface area contributed by atoms with E-state index in [2.05, 4.69) is 38.5 Å². The molecule has 1 amide bonds. The number of nitrogens with zero attached hydrogens (tertiary/aromatic N) is 1. The number of rotatable bonds is 1. The third-order valence-electron chi connectivity index (χ3n) is 3.40. The van der Waals surface area contributed by atoms with Gasteiger partial charge in [-0.25, -0.2) is 0 Å². The first kappa shape index (κ1) is 16.1. The molecule has 1 heterocycles. The lowest BCUT2D eigenvalue weighted by molar-refractivity contribution is -0.183. The van der Waals surface area contributed by atoms with Crippen LogP contribution in [-0.2, 0) is 0 Å². The molecule has 1 aliphatic rings. The highest BCUT2D eigenvalue weighted by Crippen LogP contribution is 2.34. The van der Waals surface area contributed by atoms with Gasteiger partial charge in [0.15, 0.2) is 0 Å². The van der Waals surface area contributed by atoms with Gasteiger partial charge in [0.2, 0.25) is 0 Å². The predicted molar refractivity (Wildman–Crippen MR) is 81.5 cm³/mol. The van der Waals surface area contributed by atoms with E-state index in [0.717, 1.165) is 8.04 Å². The van der Waals surface area contributed by atoms with Crippen molar-refractivity contribution in [1.29, 1.82) is 0 Å². The van der Waals surface area contributed by atoms with Crippen LogP contribution in [0.15, 0.2) is 22.7 Å².